The molecule has 4 aromatic carbocycles. The molecule has 2 N–H and O–H groups in total. The van der Waals surface area contributed by atoms with Gasteiger partial charge in [-0.1, -0.05) is 121 Å². The first kappa shape index (κ1) is 32.9. The standard InChI is InChI=1S/C37H35N5O5S2/c1-49(43,44)47-32-33(48-23-26-14-6-2-7-15-26)30(46-36(32)42-25-41-31-34(38)39-24-40-35(31)42)22-45-37(27-16-8-3-9-17-27,28-18-10-4-11-19-28)29-20-12-5-13-21-29/h2-21,24-25,30,32-33,36H,22-23H2,1H3,(H2,38,39,40). The van der Waals surface area contributed by atoms with E-state index in [0.29, 0.717) is 16.9 Å². The molecular weight excluding hydrogens is 659 g/mol. The van der Waals surface area contributed by atoms with Crippen molar-refractivity contribution in [3.8, 4) is 0 Å². The third-order valence-electron chi connectivity index (χ3n) is 8.52. The highest BCUT2D eigenvalue weighted by molar-refractivity contribution is 7.99. The number of thioether (sulfide) groups is 1. The molecule has 4 atom stereocenters. The van der Waals surface area contributed by atoms with Crippen LogP contribution in [-0.4, -0.2) is 58.3 Å². The minimum absolute atomic E-state index is 0.0923. The first-order valence-electron chi connectivity index (χ1n) is 15.8. The Morgan fingerprint density at radius 2 is 1.37 bits per heavy atom. The number of fused-ring (bicyclic) bond motifs is 1. The smallest absolute Gasteiger partial charge is 0.264 e. The quantitative estimate of drug-likeness (QED) is 0.121. The Kier molecular flexibility index (Phi) is 9.48. The van der Waals surface area contributed by atoms with Crippen LogP contribution >= 0.6 is 11.8 Å². The van der Waals surface area contributed by atoms with Gasteiger partial charge >= 0.3 is 0 Å². The van der Waals surface area contributed by atoms with Crippen LogP contribution in [0.3, 0.4) is 0 Å². The van der Waals surface area contributed by atoms with Crippen LogP contribution in [-0.2, 0) is 35.1 Å². The van der Waals surface area contributed by atoms with Gasteiger partial charge in [-0.15, -0.1) is 11.8 Å². The van der Waals surface area contributed by atoms with Gasteiger partial charge in [0.05, 0.1) is 30.5 Å². The molecule has 0 amide bonds. The predicted molar refractivity (Wildman–Crippen MR) is 190 cm³/mol. The van der Waals surface area contributed by atoms with E-state index >= 15 is 0 Å². The Labute approximate surface area is 289 Å². The lowest BCUT2D eigenvalue weighted by molar-refractivity contribution is -0.0825. The topological polar surface area (TPSA) is 131 Å². The third kappa shape index (κ3) is 6.83. The van der Waals surface area contributed by atoms with Crippen LogP contribution in [0.1, 0.15) is 28.5 Å². The van der Waals surface area contributed by atoms with Crippen LogP contribution in [0.15, 0.2) is 134 Å². The Hall–Kier alpha value is -4.59. The van der Waals surface area contributed by atoms with Gasteiger partial charge in [0.1, 0.15) is 23.5 Å². The number of anilines is 1. The molecule has 3 heterocycles. The molecule has 0 saturated carbocycles. The van der Waals surface area contributed by atoms with E-state index in [9.17, 15) is 8.42 Å². The molecule has 2 aromatic heterocycles. The second kappa shape index (κ2) is 14.1. The summed E-state index contributed by atoms with van der Waals surface area (Å²) in [5.74, 6) is 0.790. The molecule has 0 aliphatic carbocycles. The maximum Gasteiger partial charge on any atom is 0.264 e. The van der Waals surface area contributed by atoms with E-state index in [2.05, 4.69) is 51.4 Å². The van der Waals surface area contributed by atoms with E-state index in [1.54, 1.807) is 16.3 Å². The molecule has 1 fully saturated rings. The number of nitrogen functional groups attached to an aromatic ring is 1. The fraction of sp³-hybridized carbons (Fsp3) is 0.216. The first-order chi connectivity index (χ1) is 23.8. The number of imidazole rings is 1. The fourth-order valence-electron chi connectivity index (χ4n) is 6.37. The lowest BCUT2D eigenvalue weighted by Gasteiger charge is -2.37. The van der Waals surface area contributed by atoms with Gasteiger partial charge in [-0.05, 0) is 22.3 Å². The maximum absolute atomic E-state index is 12.8. The van der Waals surface area contributed by atoms with Crippen LogP contribution in [0.5, 0.6) is 0 Å². The summed E-state index contributed by atoms with van der Waals surface area (Å²) in [4.78, 5) is 12.9. The SMILES string of the molecule is CS(=O)(=O)OC1C(SCc2ccccc2)C(COC(c2ccccc2)(c2ccccc2)c2ccccc2)OC1n1cnc2c(N)ncnc21. The van der Waals surface area contributed by atoms with Gasteiger partial charge in [0.2, 0.25) is 0 Å². The molecule has 0 radical (unpaired) electrons. The largest absolute Gasteiger partial charge is 0.382 e. The molecule has 10 nitrogen and oxygen atoms in total. The van der Waals surface area contributed by atoms with Crippen molar-refractivity contribution in [2.24, 2.45) is 0 Å². The number of rotatable bonds is 12. The van der Waals surface area contributed by atoms with E-state index in [-0.39, 0.29) is 12.4 Å². The zero-order valence-electron chi connectivity index (χ0n) is 26.6. The minimum Gasteiger partial charge on any atom is -0.382 e. The van der Waals surface area contributed by atoms with E-state index in [1.807, 2.05) is 84.9 Å². The summed E-state index contributed by atoms with van der Waals surface area (Å²) in [5, 5.41) is -0.489. The van der Waals surface area contributed by atoms with Crippen molar-refractivity contribution in [1.82, 2.24) is 19.5 Å². The highest BCUT2D eigenvalue weighted by atomic mass is 32.2. The summed E-state index contributed by atoms with van der Waals surface area (Å²) in [5.41, 5.74) is 9.77. The summed E-state index contributed by atoms with van der Waals surface area (Å²) in [7, 11) is -3.93. The Bertz CT molecular complexity index is 2010. The normalized spacial score (nSPS) is 19.7. The van der Waals surface area contributed by atoms with Crippen molar-refractivity contribution in [2.45, 2.75) is 35.0 Å². The molecule has 1 aliphatic rings. The average Bonchev–Trinajstić information content (AvgIpc) is 3.70. The summed E-state index contributed by atoms with van der Waals surface area (Å²) in [6.07, 6.45) is 1.42. The number of nitrogens with two attached hydrogens (primary N) is 1. The highest BCUT2D eigenvalue weighted by Gasteiger charge is 2.50. The van der Waals surface area contributed by atoms with Crippen LogP contribution in [0, 0.1) is 0 Å². The van der Waals surface area contributed by atoms with Gasteiger partial charge in [-0.25, -0.2) is 15.0 Å². The minimum atomic E-state index is -3.93. The molecule has 6 aromatic rings. The molecule has 250 valence electrons. The lowest BCUT2D eigenvalue weighted by Crippen LogP contribution is -2.39. The van der Waals surface area contributed by atoms with Gasteiger partial charge in [0, 0.05) is 5.75 Å². The molecule has 49 heavy (non-hydrogen) atoms. The second-order valence-corrected chi connectivity index (χ2v) is 14.5. The predicted octanol–water partition coefficient (Wildman–Crippen LogP) is 5.96. The van der Waals surface area contributed by atoms with Crippen LogP contribution in [0.25, 0.3) is 11.2 Å². The second-order valence-electron chi connectivity index (χ2n) is 11.8. The van der Waals surface area contributed by atoms with E-state index in [4.69, 9.17) is 19.4 Å². The number of hydrogen-bond donors (Lipinski definition) is 1. The molecular formula is C37H35N5O5S2. The Morgan fingerprint density at radius 1 is 0.816 bits per heavy atom. The first-order valence-corrected chi connectivity index (χ1v) is 18.6. The van der Waals surface area contributed by atoms with Crippen LogP contribution in [0.2, 0.25) is 0 Å². The van der Waals surface area contributed by atoms with Gasteiger partial charge in [-0.3, -0.25) is 8.75 Å². The van der Waals surface area contributed by atoms with E-state index < -0.39 is 39.4 Å². The number of aromatic nitrogens is 4. The number of benzene rings is 4. The molecule has 1 saturated heterocycles. The lowest BCUT2D eigenvalue weighted by atomic mass is 9.80. The highest BCUT2D eigenvalue weighted by Crippen LogP contribution is 2.45. The van der Waals surface area contributed by atoms with Crippen molar-refractivity contribution < 1.29 is 22.1 Å². The molecule has 12 heteroatoms. The zero-order valence-corrected chi connectivity index (χ0v) is 28.3. The zero-order chi connectivity index (χ0) is 33.8. The molecule has 1 aliphatic heterocycles. The van der Waals surface area contributed by atoms with Crippen LogP contribution in [0.4, 0.5) is 5.82 Å². The van der Waals surface area contributed by atoms with Gasteiger partial charge in [0.15, 0.2) is 17.7 Å². The van der Waals surface area contributed by atoms with Crippen molar-refractivity contribution in [1.29, 1.82) is 0 Å². The fourth-order valence-corrected chi connectivity index (χ4v) is 8.37. The molecule has 4 unspecified atom stereocenters. The summed E-state index contributed by atoms with van der Waals surface area (Å²) < 4.78 is 47.2. The number of nitrogens with zero attached hydrogens (tertiary/aromatic N) is 4. The van der Waals surface area contributed by atoms with Gasteiger partial charge in [0.25, 0.3) is 10.1 Å². The summed E-state index contributed by atoms with van der Waals surface area (Å²) >= 11 is 1.56. The van der Waals surface area contributed by atoms with Gasteiger partial charge < -0.3 is 15.2 Å². The molecule has 0 bridgehead atoms. The number of ether oxygens (including phenoxy) is 2. The molecule has 0 spiro atoms. The number of hydrogen-bond acceptors (Lipinski definition) is 10. The van der Waals surface area contributed by atoms with Crippen LogP contribution < -0.4 is 5.73 Å². The monoisotopic (exact) mass is 693 g/mol. The van der Waals surface area contributed by atoms with Gasteiger partial charge in [-0.2, -0.15) is 8.42 Å². The Balaban J connectivity index is 1.33. The third-order valence-corrected chi connectivity index (χ3v) is 10.6. The van der Waals surface area contributed by atoms with Crippen molar-refractivity contribution >= 4 is 38.9 Å². The summed E-state index contributed by atoms with van der Waals surface area (Å²) in [6, 6.07) is 40.2. The van der Waals surface area contributed by atoms with E-state index in [1.165, 1.54) is 12.7 Å². The van der Waals surface area contributed by atoms with Crippen molar-refractivity contribution in [2.75, 3.05) is 18.6 Å². The van der Waals surface area contributed by atoms with E-state index in [0.717, 1.165) is 28.5 Å². The maximum atomic E-state index is 12.8. The van der Waals surface area contributed by atoms with Crippen molar-refractivity contribution in [3.63, 3.8) is 0 Å². The Morgan fingerprint density at radius 3 is 1.92 bits per heavy atom. The average molecular weight is 694 g/mol. The molecule has 7 rings (SSSR count). The van der Waals surface area contributed by atoms with Crippen molar-refractivity contribution in [3.05, 3.63) is 156 Å². The summed E-state index contributed by atoms with van der Waals surface area (Å²) in [6.45, 7) is 0.0923.